The van der Waals surface area contributed by atoms with Crippen molar-refractivity contribution >= 4 is 17.0 Å². The van der Waals surface area contributed by atoms with Crippen LogP contribution in [0.5, 0.6) is 0 Å². The van der Waals surface area contributed by atoms with Gasteiger partial charge in [-0.1, -0.05) is 6.08 Å². The zero-order chi connectivity index (χ0) is 15.7. The van der Waals surface area contributed by atoms with Gasteiger partial charge in [-0.3, -0.25) is 4.57 Å². The summed E-state index contributed by atoms with van der Waals surface area (Å²) < 4.78 is 12.7. The molecule has 2 unspecified atom stereocenters. The van der Waals surface area contributed by atoms with Crippen molar-refractivity contribution in [1.82, 2.24) is 19.5 Å². The van der Waals surface area contributed by atoms with Crippen LogP contribution in [0.1, 0.15) is 6.23 Å². The molecule has 22 heavy (non-hydrogen) atoms. The van der Waals surface area contributed by atoms with Crippen LogP contribution in [0.2, 0.25) is 0 Å². The summed E-state index contributed by atoms with van der Waals surface area (Å²) in [6, 6.07) is 0. The van der Waals surface area contributed by atoms with Gasteiger partial charge in [-0.2, -0.15) is 0 Å². The van der Waals surface area contributed by atoms with E-state index in [2.05, 4.69) is 21.5 Å². The highest BCUT2D eigenvalue weighted by atomic mass is 16.6. The van der Waals surface area contributed by atoms with Gasteiger partial charge in [0.25, 0.3) is 0 Å². The monoisotopic (exact) mass is 307 g/mol. The van der Waals surface area contributed by atoms with Crippen molar-refractivity contribution in [3.05, 3.63) is 25.3 Å². The van der Waals surface area contributed by atoms with Gasteiger partial charge in [0.05, 0.1) is 19.5 Å². The summed E-state index contributed by atoms with van der Waals surface area (Å²) in [5.41, 5.74) is 6.61. The number of aliphatic hydroxyl groups is 2. The fourth-order valence-electron chi connectivity index (χ4n) is 2.54. The second-order valence-electron chi connectivity index (χ2n) is 4.91. The Morgan fingerprint density at radius 3 is 3.00 bits per heavy atom. The minimum absolute atomic E-state index is 0.244. The molecule has 4 atom stereocenters. The lowest BCUT2D eigenvalue weighted by atomic mass is 10.1. The number of nitrogen functional groups attached to an aromatic ring is 1. The SMILES string of the molecule is C=CCOC1C(O)[C@H](n2cnc3c(N)ncnc32)O[C@@H]1CO. The molecule has 9 nitrogen and oxygen atoms in total. The Hall–Kier alpha value is -2.07. The van der Waals surface area contributed by atoms with Gasteiger partial charge in [0.15, 0.2) is 17.7 Å². The lowest BCUT2D eigenvalue weighted by molar-refractivity contribution is -0.0565. The van der Waals surface area contributed by atoms with Gasteiger partial charge in [-0.15, -0.1) is 6.58 Å². The third kappa shape index (κ3) is 2.33. The first-order valence-electron chi connectivity index (χ1n) is 6.77. The number of nitrogens with zero attached hydrogens (tertiary/aromatic N) is 4. The number of aliphatic hydroxyl groups excluding tert-OH is 2. The average molecular weight is 307 g/mol. The molecule has 3 rings (SSSR count). The number of anilines is 1. The Balaban J connectivity index is 1.93. The number of fused-ring (bicyclic) bond motifs is 1. The predicted octanol–water partition coefficient (Wildman–Crippen LogP) is -0.770. The molecule has 1 fully saturated rings. The zero-order valence-electron chi connectivity index (χ0n) is 11.7. The van der Waals surface area contributed by atoms with Gasteiger partial charge in [-0.05, 0) is 0 Å². The number of ether oxygens (including phenoxy) is 2. The highest BCUT2D eigenvalue weighted by molar-refractivity contribution is 5.81. The van der Waals surface area contributed by atoms with Crippen LogP contribution >= 0.6 is 0 Å². The standard InChI is InChI=1S/C13H17N5O4/c1-2-3-21-10-7(4-19)22-13(9(10)20)18-6-17-8-11(14)15-5-16-12(8)18/h2,5-7,9-10,13,19-20H,1,3-4H2,(H2,14,15,16)/t7-,9?,10?,13-/m1/s1. The number of hydrogen-bond acceptors (Lipinski definition) is 8. The molecule has 1 aliphatic heterocycles. The minimum Gasteiger partial charge on any atom is -0.394 e. The molecule has 0 radical (unpaired) electrons. The topological polar surface area (TPSA) is 129 Å². The van der Waals surface area contributed by atoms with Crippen molar-refractivity contribution in [2.24, 2.45) is 0 Å². The molecule has 0 amide bonds. The Labute approximate surface area is 126 Å². The minimum atomic E-state index is -0.995. The number of rotatable bonds is 5. The Morgan fingerprint density at radius 1 is 1.45 bits per heavy atom. The Morgan fingerprint density at radius 2 is 2.27 bits per heavy atom. The fraction of sp³-hybridized carbons (Fsp3) is 0.462. The zero-order valence-corrected chi connectivity index (χ0v) is 11.7. The highest BCUT2D eigenvalue weighted by Crippen LogP contribution is 2.33. The number of imidazole rings is 1. The van der Waals surface area contributed by atoms with Crippen LogP contribution in [0.25, 0.3) is 11.2 Å². The van der Waals surface area contributed by atoms with Crippen LogP contribution < -0.4 is 5.73 Å². The van der Waals surface area contributed by atoms with Crippen molar-refractivity contribution in [3.8, 4) is 0 Å². The molecule has 0 saturated carbocycles. The van der Waals surface area contributed by atoms with Crippen molar-refractivity contribution in [3.63, 3.8) is 0 Å². The van der Waals surface area contributed by atoms with Crippen molar-refractivity contribution in [1.29, 1.82) is 0 Å². The van der Waals surface area contributed by atoms with Gasteiger partial charge in [0, 0.05) is 0 Å². The summed E-state index contributed by atoms with van der Waals surface area (Å²) >= 11 is 0. The smallest absolute Gasteiger partial charge is 0.167 e. The van der Waals surface area contributed by atoms with Crippen LogP contribution in [0.15, 0.2) is 25.3 Å². The summed E-state index contributed by atoms with van der Waals surface area (Å²) in [5.74, 6) is 0.245. The first-order valence-corrected chi connectivity index (χ1v) is 6.77. The molecule has 9 heteroatoms. The molecule has 0 aromatic carbocycles. The Kier molecular flexibility index (Phi) is 4.03. The van der Waals surface area contributed by atoms with Crippen LogP contribution in [0.3, 0.4) is 0 Å². The molecule has 0 bridgehead atoms. The van der Waals surface area contributed by atoms with Crippen molar-refractivity contribution < 1.29 is 19.7 Å². The van der Waals surface area contributed by atoms with Crippen LogP contribution in [-0.2, 0) is 9.47 Å². The molecule has 1 aliphatic rings. The van der Waals surface area contributed by atoms with Crippen molar-refractivity contribution in [2.45, 2.75) is 24.5 Å². The Bertz CT molecular complexity index is 675. The molecule has 0 aliphatic carbocycles. The first kappa shape index (κ1) is 14.9. The summed E-state index contributed by atoms with van der Waals surface area (Å²) in [6.45, 7) is 3.53. The maximum Gasteiger partial charge on any atom is 0.167 e. The number of nitrogens with two attached hydrogens (primary N) is 1. The van der Waals surface area contributed by atoms with E-state index in [4.69, 9.17) is 15.2 Å². The number of hydrogen-bond donors (Lipinski definition) is 3. The van der Waals surface area contributed by atoms with Gasteiger partial charge in [0.2, 0.25) is 0 Å². The highest BCUT2D eigenvalue weighted by Gasteiger charge is 2.45. The maximum absolute atomic E-state index is 10.5. The van der Waals surface area contributed by atoms with Crippen LogP contribution in [0, 0.1) is 0 Å². The second-order valence-corrected chi connectivity index (χ2v) is 4.91. The summed E-state index contributed by atoms with van der Waals surface area (Å²) in [6.07, 6.45) is 1.23. The van der Waals surface area contributed by atoms with Gasteiger partial charge < -0.3 is 25.4 Å². The summed E-state index contributed by atoms with van der Waals surface area (Å²) in [4.78, 5) is 12.1. The largest absolute Gasteiger partial charge is 0.394 e. The van der Waals surface area contributed by atoms with E-state index >= 15 is 0 Å². The van der Waals surface area contributed by atoms with Gasteiger partial charge in [-0.25, -0.2) is 15.0 Å². The first-order chi connectivity index (χ1) is 10.7. The van der Waals surface area contributed by atoms with Crippen molar-refractivity contribution in [2.75, 3.05) is 18.9 Å². The molecule has 3 heterocycles. The molecule has 4 N–H and O–H groups in total. The molecule has 118 valence electrons. The molecule has 2 aromatic rings. The third-order valence-electron chi connectivity index (χ3n) is 3.56. The van der Waals surface area contributed by atoms with E-state index < -0.39 is 24.5 Å². The molecule has 2 aromatic heterocycles. The summed E-state index contributed by atoms with van der Waals surface area (Å²) in [5, 5.41) is 19.9. The van der Waals surface area contributed by atoms with E-state index in [9.17, 15) is 10.2 Å². The van der Waals surface area contributed by atoms with Gasteiger partial charge in [0.1, 0.15) is 30.2 Å². The lowest BCUT2D eigenvalue weighted by Crippen LogP contribution is -2.36. The molecule has 0 spiro atoms. The summed E-state index contributed by atoms with van der Waals surface area (Å²) in [7, 11) is 0. The van der Waals surface area contributed by atoms with Gasteiger partial charge >= 0.3 is 0 Å². The van der Waals surface area contributed by atoms with E-state index in [1.54, 1.807) is 10.6 Å². The van der Waals surface area contributed by atoms with E-state index in [0.717, 1.165) is 0 Å². The van der Waals surface area contributed by atoms with E-state index in [1.807, 2.05) is 0 Å². The number of aromatic nitrogens is 4. The predicted molar refractivity (Wildman–Crippen MR) is 76.7 cm³/mol. The van der Waals surface area contributed by atoms with E-state index in [1.165, 1.54) is 12.7 Å². The van der Waals surface area contributed by atoms with Crippen LogP contribution in [-0.4, -0.2) is 61.3 Å². The molecular formula is C13H17N5O4. The lowest BCUT2D eigenvalue weighted by Gasteiger charge is -2.19. The molecular weight excluding hydrogens is 290 g/mol. The quantitative estimate of drug-likeness (QED) is 0.614. The maximum atomic E-state index is 10.5. The average Bonchev–Trinajstić information content (AvgIpc) is 3.07. The molecule has 1 saturated heterocycles. The van der Waals surface area contributed by atoms with Crippen LogP contribution in [0.4, 0.5) is 5.82 Å². The normalized spacial score (nSPS) is 28.3. The van der Waals surface area contributed by atoms with E-state index in [-0.39, 0.29) is 19.0 Å². The van der Waals surface area contributed by atoms with E-state index in [0.29, 0.717) is 11.2 Å². The third-order valence-corrected chi connectivity index (χ3v) is 3.56. The fourth-order valence-corrected chi connectivity index (χ4v) is 2.54. The second kappa shape index (κ2) is 5.97.